The van der Waals surface area contributed by atoms with Gasteiger partial charge < -0.3 is 14.5 Å². The quantitative estimate of drug-likeness (QED) is 0.604. The predicted octanol–water partition coefficient (Wildman–Crippen LogP) is 1.17. The molecule has 0 saturated carbocycles. The van der Waals surface area contributed by atoms with E-state index in [1.54, 1.807) is 0 Å². The molecule has 2 aliphatic heterocycles. The van der Waals surface area contributed by atoms with Crippen LogP contribution in [0.5, 0.6) is 0 Å². The van der Waals surface area contributed by atoms with Crippen LogP contribution in [-0.4, -0.2) is 54.2 Å². The summed E-state index contributed by atoms with van der Waals surface area (Å²) in [5, 5.41) is 0. The number of nitrogens with zero attached hydrogens (tertiary/aromatic N) is 2. The summed E-state index contributed by atoms with van der Waals surface area (Å²) in [5.41, 5.74) is -0.382. The number of hydrogen-bond acceptors (Lipinski definition) is 3. The van der Waals surface area contributed by atoms with Crippen molar-refractivity contribution in [3.8, 4) is 0 Å². The van der Waals surface area contributed by atoms with Gasteiger partial charge in [-0.2, -0.15) is 0 Å². The molecule has 0 bridgehead atoms. The van der Waals surface area contributed by atoms with Crippen molar-refractivity contribution in [1.29, 1.82) is 0 Å². The molecule has 2 aliphatic rings. The van der Waals surface area contributed by atoms with Crippen molar-refractivity contribution in [2.45, 2.75) is 32.4 Å². The number of fused-ring (bicyclic) bond motifs is 1. The second-order valence-corrected chi connectivity index (χ2v) is 5.68. The van der Waals surface area contributed by atoms with Crippen LogP contribution in [-0.2, 0) is 4.74 Å². The van der Waals surface area contributed by atoms with E-state index in [0.29, 0.717) is 12.0 Å². The van der Waals surface area contributed by atoms with Crippen LogP contribution in [0.3, 0.4) is 0 Å². The lowest BCUT2D eigenvalue weighted by Gasteiger charge is -2.43. The number of carbonyl (C=O) groups is 1. The molecular formula is C11H20N2O2. The molecule has 2 saturated heterocycles. The van der Waals surface area contributed by atoms with E-state index in [1.165, 1.54) is 0 Å². The fourth-order valence-electron chi connectivity index (χ4n) is 2.38. The van der Waals surface area contributed by atoms with Crippen molar-refractivity contribution in [2.75, 3.05) is 26.7 Å². The van der Waals surface area contributed by atoms with Crippen LogP contribution in [0.2, 0.25) is 0 Å². The van der Waals surface area contributed by atoms with E-state index in [9.17, 15) is 4.79 Å². The third-order valence-electron chi connectivity index (χ3n) is 3.05. The molecule has 2 rings (SSSR count). The van der Waals surface area contributed by atoms with Gasteiger partial charge in [-0.05, 0) is 27.8 Å². The van der Waals surface area contributed by atoms with Crippen LogP contribution >= 0.6 is 0 Å². The second kappa shape index (κ2) is 3.37. The Kier molecular flexibility index (Phi) is 2.41. The lowest BCUT2D eigenvalue weighted by Crippen LogP contribution is -2.59. The van der Waals surface area contributed by atoms with Gasteiger partial charge in [0.2, 0.25) is 0 Å². The van der Waals surface area contributed by atoms with Gasteiger partial charge in [0.1, 0.15) is 5.60 Å². The summed E-state index contributed by atoms with van der Waals surface area (Å²) in [5.74, 6) is 0.669. The lowest BCUT2D eigenvalue weighted by atomic mass is 9.93. The van der Waals surface area contributed by atoms with Crippen LogP contribution in [0.25, 0.3) is 0 Å². The third kappa shape index (κ3) is 2.09. The zero-order valence-electron chi connectivity index (χ0n) is 9.99. The fourth-order valence-corrected chi connectivity index (χ4v) is 2.38. The minimum Gasteiger partial charge on any atom is -0.444 e. The Balaban J connectivity index is 1.89. The van der Waals surface area contributed by atoms with Crippen LogP contribution in [0.1, 0.15) is 20.8 Å². The van der Waals surface area contributed by atoms with Crippen LogP contribution in [0, 0.1) is 5.92 Å². The maximum absolute atomic E-state index is 11.8. The largest absolute Gasteiger partial charge is 0.444 e. The first-order valence-electron chi connectivity index (χ1n) is 5.55. The smallest absolute Gasteiger partial charge is 0.410 e. The van der Waals surface area contributed by atoms with Gasteiger partial charge in [-0.15, -0.1) is 0 Å². The number of likely N-dealkylation sites (N-methyl/N-ethyl adjacent to an activating group) is 1. The van der Waals surface area contributed by atoms with Gasteiger partial charge in [0, 0.05) is 25.6 Å². The highest BCUT2D eigenvalue weighted by Crippen LogP contribution is 2.32. The molecule has 0 radical (unpaired) electrons. The standard InChI is InChI=1S/C11H20N2O2/c1-11(2,3)15-10(14)13-6-8-5-12(4)7-9(8)13/h8-9H,5-7H2,1-4H3. The average molecular weight is 212 g/mol. The molecule has 0 aromatic carbocycles. The first kappa shape index (κ1) is 10.7. The van der Waals surface area contributed by atoms with Gasteiger partial charge in [0.25, 0.3) is 0 Å². The summed E-state index contributed by atoms with van der Waals surface area (Å²) in [7, 11) is 2.10. The van der Waals surface area contributed by atoms with Gasteiger partial charge in [-0.1, -0.05) is 0 Å². The lowest BCUT2D eigenvalue weighted by molar-refractivity contribution is -0.0164. The van der Waals surface area contributed by atoms with Crippen molar-refractivity contribution < 1.29 is 9.53 Å². The first-order chi connectivity index (χ1) is 6.87. The highest BCUT2D eigenvalue weighted by Gasteiger charge is 2.47. The monoisotopic (exact) mass is 212 g/mol. The minimum atomic E-state index is -0.382. The topological polar surface area (TPSA) is 32.8 Å². The number of amides is 1. The van der Waals surface area contributed by atoms with E-state index in [4.69, 9.17) is 4.74 Å². The molecule has 15 heavy (non-hydrogen) atoms. The number of ether oxygens (including phenoxy) is 1. The van der Waals surface area contributed by atoms with Crippen molar-refractivity contribution in [3.05, 3.63) is 0 Å². The maximum Gasteiger partial charge on any atom is 0.410 e. The zero-order valence-corrected chi connectivity index (χ0v) is 9.99. The Morgan fingerprint density at radius 2 is 1.93 bits per heavy atom. The molecule has 86 valence electrons. The van der Waals surface area contributed by atoms with E-state index < -0.39 is 0 Å². The van der Waals surface area contributed by atoms with Crippen LogP contribution in [0.15, 0.2) is 0 Å². The highest BCUT2D eigenvalue weighted by atomic mass is 16.6. The van der Waals surface area contributed by atoms with Crippen molar-refractivity contribution in [1.82, 2.24) is 9.80 Å². The maximum atomic E-state index is 11.8. The third-order valence-corrected chi connectivity index (χ3v) is 3.05. The van der Waals surface area contributed by atoms with Gasteiger partial charge in [0.05, 0.1) is 6.04 Å². The van der Waals surface area contributed by atoms with E-state index >= 15 is 0 Å². The number of likely N-dealkylation sites (tertiary alicyclic amines) is 2. The summed E-state index contributed by atoms with van der Waals surface area (Å²) >= 11 is 0. The van der Waals surface area contributed by atoms with Crippen LogP contribution < -0.4 is 0 Å². The zero-order chi connectivity index (χ0) is 11.2. The molecule has 0 aromatic rings. The molecule has 2 heterocycles. The Morgan fingerprint density at radius 1 is 1.27 bits per heavy atom. The Labute approximate surface area is 91.2 Å². The minimum absolute atomic E-state index is 0.154. The van der Waals surface area contributed by atoms with E-state index in [2.05, 4.69) is 11.9 Å². The summed E-state index contributed by atoms with van der Waals surface area (Å²) < 4.78 is 5.35. The molecule has 0 aromatic heterocycles. The Bertz CT molecular complexity index is 272. The molecule has 1 amide bonds. The molecule has 2 fully saturated rings. The molecule has 4 nitrogen and oxygen atoms in total. The molecule has 0 spiro atoms. The number of hydrogen-bond donors (Lipinski definition) is 0. The average Bonchev–Trinajstić information content (AvgIpc) is 2.28. The van der Waals surface area contributed by atoms with Crippen molar-refractivity contribution >= 4 is 6.09 Å². The molecule has 0 aliphatic carbocycles. The van der Waals surface area contributed by atoms with Gasteiger partial charge >= 0.3 is 6.09 Å². The molecule has 0 N–H and O–H groups in total. The van der Waals surface area contributed by atoms with Crippen molar-refractivity contribution in [3.63, 3.8) is 0 Å². The molecule has 4 heteroatoms. The fraction of sp³-hybridized carbons (Fsp3) is 0.909. The van der Waals surface area contributed by atoms with Crippen molar-refractivity contribution in [2.24, 2.45) is 5.92 Å². The summed E-state index contributed by atoms with van der Waals surface area (Å²) in [6.07, 6.45) is -0.154. The molecule has 2 unspecified atom stereocenters. The van der Waals surface area contributed by atoms with Crippen LogP contribution in [0.4, 0.5) is 4.79 Å². The second-order valence-electron chi connectivity index (χ2n) is 5.68. The highest BCUT2D eigenvalue weighted by molar-refractivity contribution is 5.70. The molecule has 2 atom stereocenters. The van der Waals surface area contributed by atoms with E-state index in [0.717, 1.165) is 19.6 Å². The van der Waals surface area contributed by atoms with Gasteiger partial charge in [-0.25, -0.2) is 4.79 Å². The first-order valence-corrected chi connectivity index (χ1v) is 5.55. The normalized spacial score (nSPS) is 31.1. The van der Waals surface area contributed by atoms with Gasteiger partial charge in [0.15, 0.2) is 0 Å². The summed E-state index contributed by atoms with van der Waals surface area (Å²) in [6.45, 7) is 8.69. The number of rotatable bonds is 0. The SMILES string of the molecule is CN1CC2CN(C(=O)OC(C)(C)C)C2C1. The number of carbonyl (C=O) groups excluding carboxylic acids is 1. The summed E-state index contributed by atoms with van der Waals surface area (Å²) in [6, 6.07) is 0.393. The van der Waals surface area contributed by atoms with Gasteiger partial charge in [-0.3, -0.25) is 0 Å². The Morgan fingerprint density at radius 3 is 2.47 bits per heavy atom. The van der Waals surface area contributed by atoms with E-state index in [-0.39, 0.29) is 11.7 Å². The Hall–Kier alpha value is -0.770. The van der Waals surface area contributed by atoms with E-state index in [1.807, 2.05) is 25.7 Å². The predicted molar refractivity (Wildman–Crippen MR) is 57.7 cm³/mol. The summed E-state index contributed by atoms with van der Waals surface area (Å²) in [4.78, 5) is 15.9. The molecular weight excluding hydrogens is 192 g/mol.